The molecule has 1 aromatic heterocycles. The normalized spacial score (nSPS) is 10.9. The maximum atomic E-state index is 12.9. The molecule has 0 aliphatic rings. The molecule has 2 amide bonds. The van der Waals surface area contributed by atoms with Crippen molar-refractivity contribution in [3.63, 3.8) is 0 Å². The zero-order valence-corrected chi connectivity index (χ0v) is 16.9. The Hall–Kier alpha value is -3.15. The third kappa shape index (κ3) is 5.02. The molecule has 0 saturated carbocycles. The zero-order chi connectivity index (χ0) is 21.0. The number of carbonyl (C=O) groups excluding carboxylic acids is 2. The Kier molecular flexibility index (Phi) is 6.32. The summed E-state index contributed by atoms with van der Waals surface area (Å²) >= 11 is 0. The average Bonchev–Trinajstić information content (AvgIpc) is 3.07. The van der Waals surface area contributed by atoms with Gasteiger partial charge in [-0.15, -0.1) is 0 Å². The summed E-state index contributed by atoms with van der Waals surface area (Å²) in [4.78, 5) is 26.5. The van der Waals surface area contributed by atoms with Gasteiger partial charge in [0.25, 0.3) is 0 Å². The van der Waals surface area contributed by atoms with Gasteiger partial charge in [-0.25, -0.2) is 4.39 Å². The van der Waals surface area contributed by atoms with E-state index in [1.807, 2.05) is 32.9 Å². The smallest absolute Gasteiger partial charge is 0.239 e. The number of benzene rings is 2. The van der Waals surface area contributed by atoms with Crippen LogP contribution in [-0.2, 0) is 22.6 Å². The molecule has 0 radical (unpaired) electrons. The fraction of sp³-hybridized carbons (Fsp3) is 0.304. The van der Waals surface area contributed by atoms with Gasteiger partial charge in [0, 0.05) is 24.0 Å². The molecule has 0 aliphatic heterocycles. The minimum atomic E-state index is -0.319. The van der Waals surface area contributed by atoms with E-state index in [4.69, 9.17) is 4.42 Å². The lowest BCUT2D eigenvalue weighted by atomic mass is 10.0. The molecule has 1 heterocycles. The predicted molar refractivity (Wildman–Crippen MR) is 110 cm³/mol. The van der Waals surface area contributed by atoms with E-state index in [0.717, 1.165) is 33.2 Å². The number of aryl methyl sites for hydroxylation is 2. The molecule has 0 spiro atoms. The zero-order valence-electron chi connectivity index (χ0n) is 16.9. The maximum Gasteiger partial charge on any atom is 0.239 e. The SMILES string of the molecule is CCN(CC(=O)NCc1ccc(F)cc1)C(=O)Cc1coc2cc(C)c(C)cc12. The van der Waals surface area contributed by atoms with Gasteiger partial charge < -0.3 is 14.6 Å². The molecule has 5 nitrogen and oxygen atoms in total. The Morgan fingerprint density at radius 3 is 2.48 bits per heavy atom. The second-order valence-electron chi connectivity index (χ2n) is 7.18. The number of nitrogens with zero attached hydrogens (tertiary/aromatic N) is 1. The second kappa shape index (κ2) is 8.90. The number of rotatable bonds is 7. The van der Waals surface area contributed by atoms with E-state index in [2.05, 4.69) is 5.32 Å². The fourth-order valence-corrected chi connectivity index (χ4v) is 3.16. The fourth-order valence-electron chi connectivity index (χ4n) is 3.16. The molecule has 0 fully saturated rings. The van der Waals surface area contributed by atoms with E-state index in [-0.39, 0.29) is 37.1 Å². The second-order valence-corrected chi connectivity index (χ2v) is 7.18. The van der Waals surface area contributed by atoms with E-state index in [9.17, 15) is 14.0 Å². The number of hydrogen-bond donors (Lipinski definition) is 1. The van der Waals surface area contributed by atoms with Gasteiger partial charge in [0.15, 0.2) is 0 Å². The first-order valence-corrected chi connectivity index (χ1v) is 9.63. The van der Waals surface area contributed by atoms with Crippen LogP contribution in [0.15, 0.2) is 47.1 Å². The lowest BCUT2D eigenvalue weighted by Crippen LogP contribution is -2.41. The number of halogens is 1. The van der Waals surface area contributed by atoms with Crippen LogP contribution < -0.4 is 5.32 Å². The first kappa shape index (κ1) is 20.6. The summed E-state index contributed by atoms with van der Waals surface area (Å²) in [5.41, 5.74) is 4.65. The highest BCUT2D eigenvalue weighted by Gasteiger charge is 2.18. The molecule has 3 aromatic rings. The van der Waals surface area contributed by atoms with Crippen molar-refractivity contribution < 1.29 is 18.4 Å². The van der Waals surface area contributed by atoms with E-state index >= 15 is 0 Å². The number of likely N-dealkylation sites (N-methyl/N-ethyl adjacent to an activating group) is 1. The van der Waals surface area contributed by atoms with Crippen molar-refractivity contribution in [1.82, 2.24) is 10.2 Å². The van der Waals surface area contributed by atoms with Crippen molar-refractivity contribution in [3.8, 4) is 0 Å². The van der Waals surface area contributed by atoms with Crippen LogP contribution in [0.2, 0.25) is 0 Å². The highest BCUT2D eigenvalue weighted by molar-refractivity contribution is 5.90. The van der Waals surface area contributed by atoms with Gasteiger partial charge in [0.05, 0.1) is 19.2 Å². The standard InChI is InChI=1S/C23H25FN2O3/c1-4-26(13-22(27)25-12-17-5-7-19(24)8-6-17)23(28)11-18-14-29-21-10-16(3)15(2)9-20(18)21/h5-10,14H,4,11-13H2,1-3H3,(H,25,27). The summed E-state index contributed by atoms with van der Waals surface area (Å²) in [6.07, 6.45) is 1.79. The first-order valence-electron chi connectivity index (χ1n) is 9.63. The first-order chi connectivity index (χ1) is 13.9. The Morgan fingerprint density at radius 1 is 1.10 bits per heavy atom. The third-order valence-corrected chi connectivity index (χ3v) is 5.08. The lowest BCUT2D eigenvalue weighted by molar-refractivity contribution is -0.135. The van der Waals surface area contributed by atoms with Crippen LogP contribution in [0.4, 0.5) is 4.39 Å². The van der Waals surface area contributed by atoms with Crippen molar-refractivity contribution >= 4 is 22.8 Å². The number of fused-ring (bicyclic) bond motifs is 1. The number of carbonyl (C=O) groups is 2. The molecule has 152 valence electrons. The summed E-state index contributed by atoms with van der Waals surface area (Å²) in [5, 5.41) is 3.70. The van der Waals surface area contributed by atoms with Crippen LogP contribution in [0.3, 0.4) is 0 Å². The quantitative estimate of drug-likeness (QED) is 0.659. The van der Waals surface area contributed by atoms with Crippen molar-refractivity contribution in [3.05, 3.63) is 70.7 Å². The van der Waals surface area contributed by atoms with Gasteiger partial charge in [-0.05, 0) is 61.7 Å². The van der Waals surface area contributed by atoms with Gasteiger partial charge in [0.1, 0.15) is 11.4 Å². The molecule has 6 heteroatoms. The molecule has 1 N–H and O–H groups in total. The van der Waals surface area contributed by atoms with Gasteiger partial charge in [-0.1, -0.05) is 12.1 Å². The highest BCUT2D eigenvalue weighted by Crippen LogP contribution is 2.25. The van der Waals surface area contributed by atoms with Crippen molar-refractivity contribution in [2.75, 3.05) is 13.1 Å². The molecule has 3 rings (SSSR count). The Bertz CT molecular complexity index is 1020. The summed E-state index contributed by atoms with van der Waals surface area (Å²) in [6.45, 7) is 6.58. The summed E-state index contributed by atoms with van der Waals surface area (Å²) in [5.74, 6) is -0.710. The van der Waals surface area contributed by atoms with Crippen LogP contribution in [0.5, 0.6) is 0 Å². The van der Waals surface area contributed by atoms with Crippen LogP contribution in [0, 0.1) is 19.7 Å². The average molecular weight is 396 g/mol. The summed E-state index contributed by atoms with van der Waals surface area (Å²) in [7, 11) is 0. The van der Waals surface area contributed by atoms with Gasteiger partial charge >= 0.3 is 0 Å². The Labute approximate surface area is 169 Å². The molecule has 2 aromatic carbocycles. The van der Waals surface area contributed by atoms with Crippen molar-refractivity contribution in [2.24, 2.45) is 0 Å². The van der Waals surface area contributed by atoms with E-state index in [0.29, 0.717) is 6.54 Å². The van der Waals surface area contributed by atoms with E-state index in [1.54, 1.807) is 18.4 Å². The van der Waals surface area contributed by atoms with Crippen molar-refractivity contribution in [2.45, 2.75) is 33.7 Å². The number of hydrogen-bond acceptors (Lipinski definition) is 3. The van der Waals surface area contributed by atoms with Gasteiger partial charge in [0.2, 0.25) is 11.8 Å². The molecule has 0 aliphatic carbocycles. The molecule has 0 saturated heterocycles. The molecule has 0 unspecified atom stereocenters. The summed E-state index contributed by atoms with van der Waals surface area (Å²) < 4.78 is 18.5. The minimum absolute atomic E-state index is 0.0234. The van der Waals surface area contributed by atoms with Gasteiger partial charge in [-0.3, -0.25) is 9.59 Å². The van der Waals surface area contributed by atoms with Gasteiger partial charge in [-0.2, -0.15) is 0 Å². The summed E-state index contributed by atoms with van der Waals surface area (Å²) in [6, 6.07) is 9.93. The van der Waals surface area contributed by atoms with Crippen molar-refractivity contribution in [1.29, 1.82) is 0 Å². The molecule has 29 heavy (non-hydrogen) atoms. The highest BCUT2D eigenvalue weighted by atomic mass is 19.1. The Balaban J connectivity index is 1.60. The van der Waals surface area contributed by atoms with E-state index < -0.39 is 0 Å². The molecular formula is C23H25FN2O3. The Morgan fingerprint density at radius 2 is 1.79 bits per heavy atom. The van der Waals surface area contributed by atoms with E-state index in [1.165, 1.54) is 17.0 Å². The van der Waals surface area contributed by atoms with Crippen LogP contribution in [-0.4, -0.2) is 29.8 Å². The topological polar surface area (TPSA) is 62.6 Å². The molecular weight excluding hydrogens is 371 g/mol. The predicted octanol–water partition coefficient (Wildman–Crippen LogP) is 3.90. The third-order valence-electron chi connectivity index (χ3n) is 5.08. The lowest BCUT2D eigenvalue weighted by Gasteiger charge is -2.20. The van der Waals surface area contributed by atoms with Crippen LogP contribution in [0.25, 0.3) is 11.0 Å². The minimum Gasteiger partial charge on any atom is -0.464 e. The van der Waals surface area contributed by atoms with Crippen LogP contribution >= 0.6 is 0 Å². The molecule has 0 bridgehead atoms. The maximum absolute atomic E-state index is 12.9. The number of amides is 2. The monoisotopic (exact) mass is 396 g/mol. The number of furan rings is 1. The molecule has 0 atom stereocenters. The van der Waals surface area contributed by atoms with Crippen LogP contribution in [0.1, 0.15) is 29.2 Å². The largest absolute Gasteiger partial charge is 0.464 e. The number of nitrogens with one attached hydrogen (secondary N) is 1.